The normalized spacial score (nSPS) is 16.1. The molecular formula is C24H31ClN2O5S2. The molecule has 186 valence electrons. The van der Waals surface area contributed by atoms with Crippen LogP contribution in [0.3, 0.4) is 0 Å². The average molecular weight is 527 g/mol. The average Bonchev–Trinajstić information content (AvgIpc) is 3.19. The van der Waals surface area contributed by atoms with Crippen molar-refractivity contribution in [2.45, 2.75) is 32.3 Å². The Hall–Kier alpha value is -1.91. The highest BCUT2D eigenvalue weighted by Crippen LogP contribution is 2.43. The lowest BCUT2D eigenvalue weighted by atomic mass is 9.89. The number of hydrogen-bond donors (Lipinski definition) is 1. The van der Waals surface area contributed by atoms with Gasteiger partial charge in [-0.1, -0.05) is 11.6 Å². The van der Waals surface area contributed by atoms with Crippen molar-refractivity contribution in [2.24, 2.45) is 0 Å². The van der Waals surface area contributed by atoms with Crippen molar-refractivity contribution >= 4 is 45.3 Å². The number of fused-ring (bicyclic) bond motifs is 2. The van der Waals surface area contributed by atoms with Crippen LogP contribution in [-0.2, 0) is 32.6 Å². The molecule has 1 fully saturated rings. The SMILES string of the molecule is COC(=O)CCc1ccc2c(c1)C(=C1CCN(CCNS(C)(=O)=O)CC1)c1sccc1CO2.Cl. The van der Waals surface area contributed by atoms with E-state index >= 15 is 0 Å². The van der Waals surface area contributed by atoms with Crippen molar-refractivity contribution in [1.29, 1.82) is 0 Å². The molecule has 1 N–H and O–H groups in total. The second-order valence-electron chi connectivity index (χ2n) is 8.46. The van der Waals surface area contributed by atoms with E-state index in [-0.39, 0.29) is 18.4 Å². The first-order valence-electron chi connectivity index (χ1n) is 11.1. The Balaban J connectivity index is 0.00000324. The van der Waals surface area contributed by atoms with Gasteiger partial charge in [-0.3, -0.25) is 4.79 Å². The van der Waals surface area contributed by atoms with Crippen LogP contribution in [0.25, 0.3) is 5.57 Å². The van der Waals surface area contributed by atoms with Gasteiger partial charge in [-0.2, -0.15) is 0 Å². The lowest BCUT2D eigenvalue weighted by molar-refractivity contribution is -0.140. The number of rotatable bonds is 7. The number of nitrogens with zero attached hydrogens (tertiary/aromatic N) is 1. The van der Waals surface area contributed by atoms with Crippen LogP contribution in [0.2, 0.25) is 0 Å². The molecule has 3 heterocycles. The van der Waals surface area contributed by atoms with Gasteiger partial charge in [0.05, 0.1) is 13.4 Å². The van der Waals surface area contributed by atoms with Crippen molar-refractivity contribution in [3.63, 3.8) is 0 Å². The number of esters is 1. The molecule has 0 aliphatic carbocycles. The third-order valence-electron chi connectivity index (χ3n) is 6.12. The molecule has 2 aliphatic rings. The molecule has 0 amide bonds. The van der Waals surface area contributed by atoms with Crippen molar-refractivity contribution in [2.75, 3.05) is 39.5 Å². The van der Waals surface area contributed by atoms with E-state index in [4.69, 9.17) is 9.47 Å². The number of aryl methyl sites for hydroxylation is 1. The Bertz CT molecular complexity index is 1150. The molecule has 2 aliphatic heterocycles. The monoisotopic (exact) mass is 526 g/mol. The molecular weight excluding hydrogens is 496 g/mol. The Kier molecular flexibility index (Phi) is 9.17. The van der Waals surface area contributed by atoms with Crippen LogP contribution in [0.4, 0.5) is 0 Å². The van der Waals surface area contributed by atoms with Crippen molar-refractivity contribution in [3.05, 3.63) is 56.8 Å². The first kappa shape index (κ1) is 26.7. The molecule has 10 heteroatoms. The van der Waals surface area contributed by atoms with Crippen LogP contribution in [0, 0.1) is 0 Å². The van der Waals surface area contributed by atoms with Crippen molar-refractivity contribution < 1.29 is 22.7 Å². The zero-order chi connectivity index (χ0) is 23.4. The highest BCUT2D eigenvalue weighted by atomic mass is 35.5. The predicted octanol–water partition coefficient (Wildman–Crippen LogP) is 3.61. The van der Waals surface area contributed by atoms with E-state index in [1.54, 1.807) is 11.3 Å². The number of benzene rings is 1. The third-order valence-corrected chi connectivity index (χ3v) is 7.82. The van der Waals surface area contributed by atoms with Gasteiger partial charge in [0, 0.05) is 54.2 Å². The van der Waals surface area contributed by atoms with Gasteiger partial charge in [-0.15, -0.1) is 23.7 Å². The highest BCUT2D eigenvalue weighted by Gasteiger charge is 2.26. The molecule has 1 aromatic heterocycles. The van der Waals surface area contributed by atoms with E-state index < -0.39 is 10.0 Å². The molecule has 34 heavy (non-hydrogen) atoms. The summed E-state index contributed by atoms with van der Waals surface area (Å²) in [7, 11) is -1.75. The molecule has 0 radical (unpaired) electrons. The number of piperidine rings is 1. The van der Waals surface area contributed by atoms with E-state index in [0.717, 1.165) is 42.8 Å². The summed E-state index contributed by atoms with van der Waals surface area (Å²) in [6, 6.07) is 8.35. The topological polar surface area (TPSA) is 84.9 Å². The number of sulfonamides is 1. The number of halogens is 1. The van der Waals surface area contributed by atoms with E-state index in [0.29, 0.717) is 32.5 Å². The Morgan fingerprint density at radius 2 is 2.00 bits per heavy atom. The summed E-state index contributed by atoms with van der Waals surface area (Å²) in [5.74, 6) is 0.667. The summed E-state index contributed by atoms with van der Waals surface area (Å²) >= 11 is 1.75. The molecule has 0 atom stereocenters. The van der Waals surface area contributed by atoms with Crippen LogP contribution in [0.15, 0.2) is 35.2 Å². The van der Waals surface area contributed by atoms with Gasteiger partial charge in [-0.05, 0) is 48.4 Å². The Morgan fingerprint density at radius 1 is 1.24 bits per heavy atom. The quantitative estimate of drug-likeness (QED) is 0.555. The second-order valence-corrected chi connectivity index (χ2v) is 11.2. The van der Waals surface area contributed by atoms with Gasteiger partial charge >= 0.3 is 5.97 Å². The number of carbonyl (C=O) groups excluding carboxylic acids is 1. The zero-order valence-corrected chi connectivity index (χ0v) is 21.9. The van der Waals surface area contributed by atoms with E-state index in [9.17, 15) is 13.2 Å². The summed E-state index contributed by atoms with van der Waals surface area (Å²) in [6.07, 6.45) is 4.02. The Labute approximate surface area is 211 Å². The molecule has 2 aromatic rings. The van der Waals surface area contributed by atoms with Gasteiger partial charge in [0.1, 0.15) is 12.4 Å². The number of nitrogens with one attached hydrogen (secondary N) is 1. The largest absolute Gasteiger partial charge is 0.488 e. The van der Waals surface area contributed by atoms with Crippen LogP contribution < -0.4 is 9.46 Å². The number of methoxy groups -OCH3 is 1. The van der Waals surface area contributed by atoms with Gasteiger partial charge in [-0.25, -0.2) is 13.1 Å². The standard InChI is InChI=1S/C24H30N2O5S2.ClH/c1-30-22(27)6-4-17-3-5-21-20(15-17)23(24-19(16-31-21)9-14-32-24)18-7-11-26(12-8-18)13-10-25-33(2,28)29;/h3,5,9,14-15,25H,4,6-8,10-13,16H2,1-2H3;1H. The fraction of sp³-hybridized carbons (Fsp3) is 0.458. The zero-order valence-electron chi connectivity index (χ0n) is 19.5. The fourth-order valence-corrected chi connectivity index (χ4v) is 5.87. The lowest BCUT2D eigenvalue weighted by Crippen LogP contribution is -2.38. The number of carbonyl (C=O) groups is 1. The fourth-order valence-electron chi connectivity index (χ4n) is 4.39. The highest BCUT2D eigenvalue weighted by molar-refractivity contribution is 7.88. The molecule has 4 rings (SSSR count). The lowest BCUT2D eigenvalue weighted by Gasteiger charge is -2.30. The summed E-state index contributed by atoms with van der Waals surface area (Å²) in [5, 5.41) is 2.12. The summed E-state index contributed by atoms with van der Waals surface area (Å²) in [4.78, 5) is 15.2. The minimum absolute atomic E-state index is 0. The van der Waals surface area contributed by atoms with Gasteiger partial charge in [0.15, 0.2) is 0 Å². The van der Waals surface area contributed by atoms with Gasteiger partial charge in [0.2, 0.25) is 10.0 Å². The maximum atomic E-state index is 11.6. The van der Waals surface area contributed by atoms with E-state index in [2.05, 4.69) is 27.1 Å². The summed E-state index contributed by atoms with van der Waals surface area (Å²) < 4.78 is 36.2. The number of ether oxygens (including phenoxy) is 2. The van der Waals surface area contributed by atoms with Crippen LogP contribution in [-0.4, -0.2) is 58.8 Å². The predicted molar refractivity (Wildman–Crippen MR) is 137 cm³/mol. The molecule has 7 nitrogen and oxygen atoms in total. The second kappa shape index (κ2) is 11.7. The summed E-state index contributed by atoms with van der Waals surface area (Å²) in [5.41, 5.74) is 6.06. The van der Waals surface area contributed by atoms with Gasteiger partial charge < -0.3 is 14.4 Å². The molecule has 0 unspecified atom stereocenters. The first-order chi connectivity index (χ1) is 15.8. The smallest absolute Gasteiger partial charge is 0.305 e. The minimum Gasteiger partial charge on any atom is -0.488 e. The third kappa shape index (κ3) is 6.60. The molecule has 1 aromatic carbocycles. The first-order valence-corrected chi connectivity index (χ1v) is 13.9. The molecule has 0 spiro atoms. The maximum absolute atomic E-state index is 11.6. The maximum Gasteiger partial charge on any atom is 0.305 e. The van der Waals surface area contributed by atoms with Crippen molar-refractivity contribution in [1.82, 2.24) is 9.62 Å². The van der Waals surface area contributed by atoms with Crippen LogP contribution in [0.5, 0.6) is 5.75 Å². The molecule has 1 saturated heterocycles. The minimum atomic E-state index is -3.16. The van der Waals surface area contributed by atoms with E-state index in [1.807, 2.05) is 12.1 Å². The van der Waals surface area contributed by atoms with E-state index in [1.165, 1.54) is 35.0 Å². The number of thiophene rings is 1. The molecule has 0 saturated carbocycles. The van der Waals surface area contributed by atoms with Gasteiger partial charge in [0.25, 0.3) is 0 Å². The molecule has 0 bridgehead atoms. The Morgan fingerprint density at radius 3 is 2.71 bits per heavy atom. The van der Waals surface area contributed by atoms with Crippen LogP contribution >= 0.6 is 23.7 Å². The van der Waals surface area contributed by atoms with Crippen LogP contribution in [0.1, 0.15) is 40.8 Å². The summed E-state index contributed by atoms with van der Waals surface area (Å²) in [6.45, 7) is 3.47. The number of hydrogen-bond acceptors (Lipinski definition) is 7. The van der Waals surface area contributed by atoms with Crippen molar-refractivity contribution in [3.8, 4) is 5.75 Å². The number of likely N-dealkylation sites (tertiary alicyclic amines) is 1.